The van der Waals surface area contributed by atoms with Gasteiger partial charge in [-0.25, -0.2) is 4.79 Å². The van der Waals surface area contributed by atoms with Crippen molar-refractivity contribution in [1.29, 1.82) is 0 Å². The zero-order valence-electron chi connectivity index (χ0n) is 8.45. The Bertz CT molecular complexity index is 194. The van der Waals surface area contributed by atoms with Gasteiger partial charge in [0.25, 0.3) is 0 Å². The number of carbonyl (C=O) groups is 2. The van der Waals surface area contributed by atoms with Crippen molar-refractivity contribution in [2.24, 2.45) is 5.73 Å². The molecule has 0 rings (SSSR count). The van der Waals surface area contributed by atoms with Gasteiger partial charge in [-0.3, -0.25) is 4.79 Å². The molecule has 0 radical (unpaired) electrons. The molecule has 1 amide bonds. The number of carboxylic acid groups (broad SMARTS) is 1. The maximum Gasteiger partial charge on any atom is 0.326 e. The molecule has 0 aliphatic heterocycles. The van der Waals surface area contributed by atoms with Gasteiger partial charge >= 0.3 is 5.97 Å². The fourth-order valence-corrected chi connectivity index (χ4v) is 1.17. The largest absolute Gasteiger partial charge is 0.480 e. The Balaban J connectivity index is 3.74. The van der Waals surface area contributed by atoms with E-state index in [1.165, 1.54) is 6.92 Å². The highest BCUT2D eigenvalue weighted by Crippen LogP contribution is 2.03. The molecule has 5 nitrogen and oxygen atoms in total. The summed E-state index contributed by atoms with van der Waals surface area (Å²) in [7, 11) is 0. The van der Waals surface area contributed by atoms with E-state index in [-0.39, 0.29) is 5.91 Å². The van der Waals surface area contributed by atoms with E-state index in [9.17, 15) is 9.59 Å². The zero-order chi connectivity index (χ0) is 11.0. The first-order valence-electron chi connectivity index (χ1n) is 4.78. The topological polar surface area (TPSA) is 92.4 Å². The number of nitrogens with two attached hydrogens (primary N) is 1. The van der Waals surface area contributed by atoms with Crippen LogP contribution in [0.3, 0.4) is 0 Å². The van der Waals surface area contributed by atoms with Crippen molar-refractivity contribution in [3.05, 3.63) is 0 Å². The molecule has 1 atom stereocenters. The molecule has 0 saturated heterocycles. The first-order chi connectivity index (χ1) is 6.57. The van der Waals surface area contributed by atoms with Crippen LogP contribution in [0, 0.1) is 0 Å². The molecule has 0 fully saturated rings. The summed E-state index contributed by atoms with van der Waals surface area (Å²) < 4.78 is 0. The highest BCUT2D eigenvalue weighted by atomic mass is 16.4. The van der Waals surface area contributed by atoms with E-state index in [2.05, 4.69) is 5.32 Å². The molecule has 0 aliphatic rings. The van der Waals surface area contributed by atoms with Crippen LogP contribution in [0.2, 0.25) is 0 Å². The quantitative estimate of drug-likeness (QED) is 0.510. The molecule has 0 aromatic heterocycles. The van der Waals surface area contributed by atoms with Gasteiger partial charge in [-0.1, -0.05) is 12.8 Å². The third-order valence-electron chi connectivity index (χ3n) is 1.87. The average molecular weight is 202 g/mol. The standard InChI is InChI=1S/C9H18N2O3/c1-7(12)11-8(9(13)14)5-3-2-4-6-10/h8H,2-6,10H2,1H3,(H,11,12)(H,13,14). The Labute approximate surface area is 83.7 Å². The lowest BCUT2D eigenvalue weighted by Crippen LogP contribution is -2.39. The predicted octanol–water partition coefficient (Wildman–Crippen LogP) is 0.0948. The maximum atomic E-state index is 10.7. The van der Waals surface area contributed by atoms with Gasteiger partial charge in [-0.05, 0) is 19.4 Å². The van der Waals surface area contributed by atoms with Crippen molar-refractivity contribution >= 4 is 11.9 Å². The van der Waals surface area contributed by atoms with E-state index in [0.29, 0.717) is 13.0 Å². The van der Waals surface area contributed by atoms with E-state index in [0.717, 1.165) is 19.3 Å². The number of carbonyl (C=O) groups excluding carboxylic acids is 1. The lowest BCUT2D eigenvalue weighted by Gasteiger charge is -2.12. The van der Waals surface area contributed by atoms with Gasteiger partial charge in [0.05, 0.1) is 0 Å². The lowest BCUT2D eigenvalue weighted by molar-refractivity contribution is -0.141. The summed E-state index contributed by atoms with van der Waals surface area (Å²) in [6.07, 6.45) is 3.04. The van der Waals surface area contributed by atoms with Gasteiger partial charge in [0, 0.05) is 6.92 Å². The molecular weight excluding hydrogens is 184 g/mol. The number of aliphatic carboxylic acids is 1. The number of hydrogen-bond acceptors (Lipinski definition) is 3. The fraction of sp³-hybridized carbons (Fsp3) is 0.778. The first-order valence-corrected chi connectivity index (χ1v) is 4.78. The number of hydrogen-bond donors (Lipinski definition) is 3. The second-order valence-electron chi connectivity index (χ2n) is 3.23. The monoisotopic (exact) mass is 202 g/mol. The minimum absolute atomic E-state index is 0.309. The van der Waals surface area contributed by atoms with Crippen molar-refractivity contribution in [3.8, 4) is 0 Å². The third-order valence-corrected chi connectivity index (χ3v) is 1.87. The zero-order valence-corrected chi connectivity index (χ0v) is 8.45. The van der Waals surface area contributed by atoms with E-state index >= 15 is 0 Å². The SMILES string of the molecule is CC(=O)NC(CCCCCN)C(=O)O. The van der Waals surface area contributed by atoms with E-state index in [1.54, 1.807) is 0 Å². The van der Waals surface area contributed by atoms with Crippen LogP contribution in [0.4, 0.5) is 0 Å². The van der Waals surface area contributed by atoms with Crippen molar-refractivity contribution in [1.82, 2.24) is 5.32 Å². The Hall–Kier alpha value is -1.10. The number of amides is 1. The second kappa shape index (κ2) is 7.32. The number of unbranched alkanes of at least 4 members (excludes halogenated alkanes) is 2. The van der Waals surface area contributed by atoms with Gasteiger partial charge in [0.2, 0.25) is 5.91 Å². The Morgan fingerprint density at radius 1 is 1.36 bits per heavy atom. The number of nitrogens with one attached hydrogen (secondary N) is 1. The second-order valence-corrected chi connectivity index (χ2v) is 3.23. The molecule has 0 saturated carbocycles. The van der Waals surface area contributed by atoms with Crippen molar-refractivity contribution < 1.29 is 14.7 Å². The Morgan fingerprint density at radius 2 is 2.00 bits per heavy atom. The number of rotatable bonds is 7. The number of carboxylic acids is 1. The van der Waals surface area contributed by atoms with Crippen LogP contribution in [0.25, 0.3) is 0 Å². The van der Waals surface area contributed by atoms with Crippen LogP contribution in [0.1, 0.15) is 32.6 Å². The van der Waals surface area contributed by atoms with Crippen molar-refractivity contribution in [2.45, 2.75) is 38.6 Å². The third kappa shape index (κ3) is 6.42. The van der Waals surface area contributed by atoms with Gasteiger partial charge in [-0.2, -0.15) is 0 Å². The van der Waals surface area contributed by atoms with E-state index < -0.39 is 12.0 Å². The molecule has 0 aliphatic carbocycles. The highest BCUT2D eigenvalue weighted by Gasteiger charge is 2.16. The summed E-state index contributed by atoms with van der Waals surface area (Å²) in [5.74, 6) is -1.29. The van der Waals surface area contributed by atoms with Crippen LogP contribution in [0.15, 0.2) is 0 Å². The molecule has 5 heteroatoms. The van der Waals surface area contributed by atoms with Crippen LogP contribution in [-0.4, -0.2) is 29.6 Å². The summed E-state index contributed by atoms with van der Waals surface area (Å²) in [6, 6.07) is -0.759. The van der Waals surface area contributed by atoms with Gasteiger partial charge in [-0.15, -0.1) is 0 Å². The van der Waals surface area contributed by atoms with Gasteiger partial charge < -0.3 is 16.2 Å². The Morgan fingerprint density at radius 3 is 2.43 bits per heavy atom. The molecule has 0 aromatic carbocycles. The fourth-order valence-electron chi connectivity index (χ4n) is 1.17. The predicted molar refractivity (Wildman–Crippen MR) is 52.8 cm³/mol. The molecule has 1 unspecified atom stereocenters. The summed E-state index contributed by atoms with van der Waals surface area (Å²) >= 11 is 0. The summed E-state index contributed by atoms with van der Waals surface area (Å²) in [4.78, 5) is 21.3. The minimum Gasteiger partial charge on any atom is -0.480 e. The average Bonchev–Trinajstić information content (AvgIpc) is 2.09. The van der Waals surface area contributed by atoms with Crippen LogP contribution in [0.5, 0.6) is 0 Å². The van der Waals surface area contributed by atoms with Crippen molar-refractivity contribution in [2.75, 3.05) is 6.54 Å². The minimum atomic E-state index is -0.979. The lowest BCUT2D eigenvalue weighted by atomic mass is 10.1. The van der Waals surface area contributed by atoms with Crippen LogP contribution < -0.4 is 11.1 Å². The van der Waals surface area contributed by atoms with Crippen molar-refractivity contribution in [3.63, 3.8) is 0 Å². The van der Waals surface area contributed by atoms with E-state index in [1.807, 2.05) is 0 Å². The van der Waals surface area contributed by atoms with E-state index in [4.69, 9.17) is 10.8 Å². The molecule has 0 spiro atoms. The van der Waals surface area contributed by atoms with Crippen LogP contribution in [-0.2, 0) is 9.59 Å². The van der Waals surface area contributed by atoms with Crippen LogP contribution >= 0.6 is 0 Å². The summed E-state index contributed by atoms with van der Waals surface area (Å²) in [6.45, 7) is 1.94. The normalized spacial score (nSPS) is 12.1. The molecular formula is C9H18N2O3. The smallest absolute Gasteiger partial charge is 0.326 e. The molecule has 14 heavy (non-hydrogen) atoms. The van der Waals surface area contributed by atoms with Gasteiger partial charge in [0.15, 0.2) is 0 Å². The summed E-state index contributed by atoms with van der Waals surface area (Å²) in [5.41, 5.74) is 5.30. The first kappa shape index (κ1) is 12.9. The Kier molecular flexibility index (Phi) is 6.74. The summed E-state index contributed by atoms with van der Waals surface area (Å²) in [5, 5.41) is 11.1. The molecule has 0 heterocycles. The molecule has 82 valence electrons. The van der Waals surface area contributed by atoms with Gasteiger partial charge in [0.1, 0.15) is 6.04 Å². The molecule has 0 aromatic rings. The highest BCUT2D eigenvalue weighted by molar-refractivity contribution is 5.81. The molecule has 0 bridgehead atoms. The molecule has 4 N–H and O–H groups in total. The maximum absolute atomic E-state index is 10.7.